The molecule has 1 rings (SSSR count). The molecule has 0 saturated carbocycles. The standard InChI is InChI=1S/C11H23NO2/c1-5-7-12-8-6-9(12)10(13)14-11(2,3)4/h9-10,13H,5-8H2,1-4H3/t9?,10-/m0/s1. The zero-order valence-corrected chi connectivity index (χ0v) is 9.79. The van der Waals surface area contributed by atoms with E-state index in [1.54, 1.807) is 0 Å². The fraction of sp³-hybridized carbons (Fsp3) is 1.00. The summed E-state index contributed by atoms with van der Waals surface area (Å²) in [4.78, 5) is 2.29. The molecule has 1 aliphatic heterocycles. The summed E-state index contributed by atoms with van der Waals surface area (Å²) in [7, 11) is 0. The second-order valence-corrected chi connectivity index (χ2v) is 5.01. The van der Waals surface area contributed by atoms with E-state index < -0.39 is 6.29 Å². The maximum atomic E-state index is 9.84. The van der Waals surface area contributed by atoms with Crippen LogP contribution >= 0.6 is 0 Å². The molecular weight excluding hydrogens is 178 g/mol. The summed E-state index contributed by atoms with van der Waals surface area (Å²) in [5, 5.41) is 9.84. The number of hydrogen-bond acceptors (Lipinski definition) is 3. The topological polar surface area (TPSA) is 32.7 Å². The van der Waals surface area contributed by atoms with Crippen LogP contribution in [0.25, 0.3) is 0 Å². The monoisotopic (exact) mass is 201 g/mol. The van der Waals surface area contributed by atoms with Crippen molar-refractivity contribution in [3.63, 3.8) is 0 Å². The van der Waals surface area contributed by atoms with Crippen molar-refractivity contribution in [1.82, 2.24) is 4.90 Å². The first-order valence-electron chi connectivity index (χ1n) is 5.54. The zero-order chi connectivity index (χ0) is 10.8. The molecule has 0 aromatic heterocycles. The minimum absolute atomic E-state index is 0.217. The Labute approximate surface area is 87.1 Å². The van der Waals surface area contributed by atoms with E-state index in [2.05, 4.69) is 11.8 Å². The molecule has 3 heteroatoms. The van der Waals surface area contributed by atoms with Crippen LogP contribution in [0.2, 0.25) is 0 Å². The quantitative estimate of drug-likeness (QED) is 0.701. The summed E-state index contributed by atoms with van der Waals surface area (Å²) < 4.78 is 5.53. The van der Waals surface area contributed by atoms with Gasteiger partial charge in [-0.2, -0.15) is 0 Å². The summed E-state index contributed by atoms with van der Waals surface area (Å²) in [5.41, 5.74) is -0.257. The fourth-order valence-electron chi connectivity index (χ4n) is 1.79. The Morgan fingerprint density at radius 3 is 2.50 bits per heavy atom. The maximum Gasteiger partial charge on any atom is 0.170 e. The van der Waals surface area contributed by atoms with Gasteiger partial charge in [-0.05, 0) is 40.2 Å². The fourth-order valence-corrected chi connectivity index (χ4v) is 1.79. The van der Waals surface area contributed by atoms with Crippen molar-refractivity contribution < 1.29 is 9.84 Å². The van der Waals surface area contributed by atoms with Gasteiger partial charge in [-0.3, -0.25) is 4.90 Å². The molecule has 0 radical (unpaired) electrons. The van der Waals surface area contributed by atoms with E-state index in [-0.39, 0.29) is 11.6 Å². The highest BCUT2D eigenvalue weighted by molar-refractivity contribution is 4.85. The third-order valence-electron chi connectivity index (χ3n) is 2.50. The molecule has 1 N–H and O–H groups in total. The van der Waals surface area contributed by atoms with Gasteiger partial charge in [0.05, 0.1) is 11.6 Å². The van der Waals surface area contributed by atoms with Crippen LogP contribution in [-0.4, -0.2) is 41.0 Å². The van der Waals surface area contributed by atoms with Gasteiger partial charge in [0.2, 0.25) is 0 Å². The molecule has 0 aliphatic carbocycles. The lowest BCUT2D eigenvalue weighted by atomic mass is 10.0. The van der Waals surface area contributed by atoms with E-state index in [9.17, 15) is 5.11 Å². The summed E-state index contributed by atoms with van der Waals surface area (Å²) in [6.07, 6.45) is 1.56. The molecule has 1 heterocycles. The molecule has 0 amide bonds. The lowest BCUT2D eigenvalue weighted by Gasteiger charge is -2.44. The molecule has 1 aliphatic rings. The summed E-state index contributed by atoms with van der Waals surface area (Å²) >= 11 is 0. The van der Waals surface area contributed by atoms with Crippen LogP contribution in [0, 0.1) is 0 Å². The minimum atomic E-state index is -0.629. The van der Waals surface area contributed by atoms with Gasteiger partial charge in [0.25, 0.3) is 0 Å². The van der Waals surface area contributed by atoms with Gasteiger partial charge in [0, 0.05) is 6.54 Å². The lowest BCUT2D eigenvalue weighted by Crippen LogP contribution is -2.56. The van der Waals surface area contributed by atoms with E-state index in [1.165, 1.54) is 0 Å². The molecule has 3 nitrogen and oxygen atoms in total. The van der Waals surface area contributed by atoms with Crippen molar-refractivity contribution >= 4 is 0 Å². The summed E-state index contributed by atoms with van der Waals surface area (Å²) in [5.74, 6) is 0. The SMILES string of the molecule is CCCN1CCC1[C@@H](O)OC(C)(C)C. The largest absolute Gasteiger partial charge is 0.367 e. The van der Waals surface area contributed by atoms with Crippen molar-refractivity contribution in [1.29, 1.82) is 0 Å². The number of rotatable bonds is 4. The molecule has 1 saturated heterocycles. The van der Waals surface area contributed by atoms with Crippen LogP contribution in [0.5, 0.6) is 0 Å². The molecule has 0 spiro atoms. The minimum Gasteiger partial charge on any atom is -0.367 e. The predicted molar refractivity (Wildman–Crippen MR) is 57.1 cm³/mol. The lowest BCUT2D eigenvalue weighted by molar-refractivity contribution is -0.214. The van der Waals surface area contributed by atoms with Crippen molar-refractivity contribution in [3.05, 3.63) is 0 Å². The van der Waals surface area contributed by atoms with Gasteiger partial charge >= 0.3 is 0 Å². The summed E-state index contributed by atoms with van der Waals surface area (Å²) in [6.45, 7) is 10.2. The summed E-state index contributed by atoms with van der Waals surface area (Å²) in [6, 6.07) is 0.217. The maximum absolute atomic E-state index is 9.84. The zero-order valence-electron chi connectivity index (χ0n) is 9.79. The van der Waals surface area contributed by atoms with E-state index >= 15 is 0 Å². The van der Waals surface area contributed by atoms with E-state index in [0.29, 0.717) is 0 Å². The Hall–Kier alpha value is -0.120. The van der Waals surface area contributed by atoms with E-state index in [1.807, 2.05) is 20.8 Å². The van der Waals surface area contributed by atoms with Gasteiger partial charge in [0.1, 0.15) is 0 Å². The second kappa shape index (κ2) is 4.60. The van der Waals surface area contributed by atoms with Crippen molar-refractivity contribution in [2.45, 2.75) is 58.5 Å². The molecule has 14 heavy (non-hydrogen) atoms. The van der Waals surface area contributed by atoms with Crippen molar-refractivity contribution in [2.24, 2.45) is 0 Å². The van der Waals surface area contributed by atoms with Crippen LogP contribution in [0.1, 0.15) is 40.5 Å². The van der Waals surface area contributed by atoms with Gasteiger partial charge in [-0.25, -0.2) is 0 Å². The normalized spacial score (nSPS) is 25.9. The van der Waals surface area contributed by atoms with E-state index in [0.717, 1.165) is 25.9 Å². The number of hydrogen-bond donors (Lipinski definition) is 1. The number of ether oxygens (including phenoxy) is 1. The first-order chi connectivity index (χ1) is 6.44. The van der Waals surface area contributed by atoms with Crippen LogP contribution in [-0.2, 0) is 4.74 Å². The average molecular weight is 201 g/mol. The van der Waals surface area contributed by atoms with Crippen LogP contribution < -0.4 is 0 Å². The number of aliphatic hydroxyl groups excluding tert-OH is 1. The average Bonchev–Trinajstić information content (AvgIpc) is 1.93. The second-order valence-electron chi connectivity index (χ2n) is 5.01. The van der Waals surface area contributed by atoms with Crippen LogP contribution in [0.3, 0.4) is 0 Å². The first kappa shape index (κ1) is 12.0. The molecule has 1 fully saturated rings. The Morgan fingerprint density at radius 2 is 2.14 bits per heavy atom. The highest BCUT2D eigenvalue weighted by Crippen LogP contribution is 2.24. The van der Waals surface area contributed by atoms with Crippen molar-refractivity contribution in [3.8, 4) is 0 Å². The molecule has 0 bridgehead atoms. The smallest absolute Gasteiger partial charge is 0.170 e. The number of aliphatic hydroxyl groups is 1. The Kier molecular flexibility index (Phi) is 3.93. The third kappa shape index (κ3) is 3.23. The van der Waals surface area contributed by atoms with Gasteiger partial charge in [-0.1, -0.05) is 6.92 Å². The Bertz CT molecular complexity index is 177. The highest BCUT2D eigenvalue weighted by atomic mass is 16.6. The Balaban J connectivity index is 2.34. The Morgan fingerprint density at radius 1 is 1.50 bits per heavy atom. The van der Waals surface area contributed by atoms with Gasteiger partial charge in [0.15, 0.2) is 6.29 Å². The van der Waals surface area contributed by atoms with Crippen LogP contribution in [0.15, 0.2) is 0 Å². The molecule has 0 aromatic carbocycles. The third-order valence-corrected chi connectivity index (χ3v) is 2.50. The molecule has 1 unspecified atom stereocenters. The molecule has 0 aromatic rings. The van der Waals surface area contributed by atoms with Gasteiger partial charge < -0.3 is 9.84 Å². The number of nitrogens with zero attached hydrogens (tertiary/aromatic N) is 1. The first-order valence-corrected chi connectivity index (χ1v) is 5.54. The number of likely N-dealkylation sites (tertiary alicyclic amines) is 1. The van der Waals surface area contributed by atoms with E-state index in [4.69, 9.17) is 4.74 Å². The molecule has 2 atom stereocenters. The predicted octanol–water partition coefficient (Wildman–Crippen LogP) is 1.60. The van der Waals surface area contributed by atoms with Crippen LogP contribution in [0.4, 0.5) is 0 Å². The molecule has 84 valence electrons. The highest BCUT2D eigenvalue weighted by Gasteiger charge is 2.35. The molecular formula is C11H23NO2. The van der Waals surface area contributed by atoms with Gasteiger partial charge in [-0.15, -0.1) is 0 Å². The van der Waals surface area contributed by atoms with Crippen molar-refractivity contribution in [2.75, 3.05) is 13.1 Å².